The molecule has 0 bridgehead atoms. The van der Waals surface area contributed by atoms with E-state index < -0.39 is 0 Å². The van der Waals surface area contributed by atoms with Gasteiger partial charge in [0.25, 0.3) is 0 Å². The largest absolute Gasteiger partial charge is 2.00 e. The fraction of sp³-hybridized carbons (Fsp3) is 0.667. The van der Waals surface area contributed by atoms with E-state index in [0.29, 0.717) is 6.42 Å². The quantitative estimate of drug-likeness (QED) is 0.677. The summed E-state index contributed by atoms with van der Waals surface area (Å²) in [6, 6.07) is 0. The minimum atomic E-state index is -0.193. The van der Waals surface area contributed by atoms with Crippen LogP contribution in [0.5, 0.6) is 0 Å². The Bertz CT molecular complexity index is 92.2. The van der Waals surface area contributed by atoms with Crippen molar-refractivity contribution in [3.8, 4) is 0 Å². The zero-order valence-corrected chi connectivity index (χ0v) is 10.9. The Morgan fingerprint density at radius 3 is 1.55 bits per heavy atom. The van der Waals surface area contributed by atoms with E-state index in [1.165, 1.54) is 0 Å². The van der Waals surface area contributed by atoms with E-state index in [0.717, 1.165) is 0 Å². The van der Waals surface area contributed by atoms with E-state index in [4.69, 9.17) is 0 Å². The molecule has 0 saturated heterocycles. The van der Waals surface area contributed by atoms with Gasteiger partial charge >= 0.3 is 21.1 Å². The maximum atomic E-state index is 10.8. The summed E-state index contributed by atoms with van der Waals surface area (Å²) < 4.78 is 0. The maximum Gasteiger partial charge on any atom is 2.00 e. The minimum Gasteiger partial charge on any atom is -0.346 e. The number of hydrogen-bond donors (Lipinski definition) is 0. The number of Topliss-reactive ketones (excluding diaryl/α,β-unsaturated/α-hetero) is 1. The van der Waals surface area contributed by atoms with Crippen LogP contribution in [0.25, 0.3) is 0 Å². The van der Waals surface area contributed by atoms with Crippen LogP contribution < -0.4 is 0 Å². The maximum absolute atomic E-state index is 10.8. The van der Waals surface area contributed by atoms with Crippen LogP contribution in [0, 0.1) is 19.3 Å². The first-order valence-electron chi connectivity index (χ1n) is 3.51. The molecule has 1 nitrogen and oxygen atoms in total. The molecule has 0 amide bonds. The van der Waals surface area contributed by atoms with Gasteiger partial charge in [-0.15, -0.1) is 6.42 Å². The first-order valence-corrected chi connectivity index (χ1v) is 3.51. The molecule has 0 heterocycles. The Labute approximate surface area is 85.2 Å². The van der Waals surface area contributed by atoms with Crippen molar-refractivity contribution in [1.82, 2.24) is 0 Å². The second-order valence-corrected chi connectivity index (χ2v) is 2.92. The Hall–Kier alpha value is 0.358. The van der Waals surface area contributed by atoms with Gasteiger partial charge in [0.15, 0.2) is 0 Å². The first kappa shape index (κ1) is 17.4. The van der Waals surface area contributed by atoms with Gasteiger partial charge in [0, 0.05) is 5.41 Å². The zero-order valence-electron chi connectivity index (χ0n) is 7.94. The van der Waals surface area contributed by atoms with Crippen LogP contribution in [0.4, 0.5) is 0 Å². The summed E-state index contributed by atoms with van der Waals surface area (Å²) in [6.07, 6.45) is 0.406. The topological polar surface area (TPSA) is 17.1 Å². The van der Waals surface area contributed by atoms with Gasteiger partial charge in [-0.2, -0.15) is 6.92 Å². The van der Waals surface area contributed by atoms with Gasteiger partial charge in [-0.3, -0.25) is 0 Å². The number of carbonyl (C=O) groups excluding carboxylic acids is 1. The fourth-order valence-electron chi connectivity index (χ4n) is 0.375. The summed E-state index contributed by atoms with van der Waals surface area (Å²) in [7, 11) is 0. The Balaban J connectivity index is -0.000000196. The molecule has 66 valence electrons. The molecule has 0 fully saturated rings. The molecule has 0 aromatic rings. The van der Waals surface area contributed by atoms with E-state index in [1.807, 2.05) is 20.8 Å². The molecule has 0 aliphatic rings. The van der Waals surface area contributed by atoms with Crippen LogP contribution in [0.3, 0.4) is 0 Å². The number of ketones is 1. The van der Waals surface area contributed by atoms with Crippen molar-refractivity contribution in [3.05, 3.63) is 13.8 Å². The molecule has 0 aliphatic carbocycles. The van der Waals surface area contributed by atoms with Gasteiger partial charge in [0.05, 0.1) is 0 Å². The van der Waals surface area contributed by atoms with E-state index in [9.17, 15) is 4.79 Å². The molecular formula is C9H18OW. The summed E-state index contributed by atoms with van der Waals surface area (Å²) in [5.41, 5.74) is -0.193. The minimum absolute atomic E-state index is 0. The molecule has 0 aromatic carbocycles. The summed E-state index contributed by atoms with van der Waals surface area (Å²) in [5, 5.41) is 0. The molecule has 0 aromatic heterocycles. The van der Waals surface area contributed by atoms with Crippen LogP contribution >= 0.6 is 0 Å². The SMILES string of the molecule is [CH2-]C.[CH2-]CC(=O)C(C)(C)C.[W+2]. The number of rotatable bonds is 1. The van der Waals surface area contributed by atoms with Crippen molar-refractivity contribution in [2.75, 3.05) is 0 Å². The third kappa shape index (κ3) is 10.4. The van der Waals surface area contributed by atoms with E-state index in [-0.39, 0.29) is 32.3 Å². The van der Waals surface area contributed by atoms with Gasteiger partial charge in [-0.1, -0.05) is 20.8 Å². The zero-order chi connectivity index (χ0) is 8.78. The molecule has 0 atom stereocenters. The van der Waals surface area contributed by atoms with Crippen molar-refractivity contribution >= 4 is 5.78 Å². The predicted octanol–water partition coefficient (Wildman–Crippen LogP) is 2.66. The monoisotopic (exact) mass is 326 g/mol. The van der Waals surface area contributed by atoms with Crippen LogP contribution in [-0.4, -0.2) is 5.78 Å². The third-order valence-electron chi connectivity index (χ3n) is 1.06. The van der Waals surface area contributed by atoms with Gasteiger partial charge in [-0.25, -0.2) is 0 Å². The summed E-state index contributed by atoms with van der Waals surface area (Å²) in [4.78, 5) is 10.8. The number of hydrogen-bond acceptors (Lipinski definition) is 1. The fourth-order valence-corrected chi connectivity index (χ4v) is 0.375. The van der Waals surface area contributed by atoms with Crippen molar-refractivity contribution in [3.63, 3.8) is 0 Å². The van der Waals surface area contributed by atoms with Gasteiger partial charge in [0.2, 0.25) is 0 Å². The molecule has 2 heteroatoms. The molecule has 0 aliphatic heterocycles. The summed E-state index contributed by atoms with van der Waals surface area (Å²) >= 11 is 0. The summed E-state index contributed by atoms with van der Waals surface area (Å²) in [5.74, 6) is 0.220. The van der Waals surface area contributed by atoms with Crippen molar-refractivity contribution in [2.24, 2.45) is 5.41 Å². The van der Waals surface area contributed by atoms with E-state index in [1.54, 1.807) is 6.92 Å². The Kier molecular flexibility index (Phi) is 13.4. The van der Waals surface area contributed by atoms with Crippen LogP contribution in [0.1, 0.15) is 34.1 Å². The standard InChI is InChI=1S/C7H13O.C2H5.W/c1-5-6(8)7(2,3)4;1-2;/h1,5H2,2-4H3;1H2,2H3;/q2*-1;+2. The van der Waals surface area contributed by atoms with E-state index >= 15 is 0 Å². The number of carbonyl (C=O) groups is 1. The molecule has 0 radical (unpaired) electrons. The van der Waals surface area contributed by atoms with Crippen molar-refractivity contribution in [2.45, 2.75) is 34.1 Å². The van der Waals surface area contributed by atoms with Crippen molar-refractivity contribution in [1.29, 1.82) is 0 Å². The molecular weight excluding hydrogens is 308 g/mol. The van der Waals surface area contributed by atoms with Crippen LogP contribution in [-0.2, 0) is 25.9 Å². The Morgan fingerprint density at radius 1 is 1.27 bits per heavy atom. The normalized spacial score (nSPS) is 8.91. The predicted molar refractivity (Wildman–Crippen MR) is 45.5 cm³/mol. The average molecular weight is 326 g/mol. The van der Waals surface area contributed by atoms with Gasteiger partial charge < -0.3 is 18.6 Å². The van der Waals surface area contributed by atoms with Gasteiger partial charge in [0.1, 0.15) is 5.78 Å². The van der Waals surface area contributed by atoms with Crippen LogP contribution in [0.2, 0.25) is 0 Å². The van der Waals surface area contributed by atoms with Gasteiger partial charge in [-0.05, 0) is 0 Å². The molecule has 11 heavy (non-hydrogen) atoms. The second kappa shape index (κ2) is 8.45. The Morgan fingerprint density at radius 2 is 1.55 bits per heavy atom. The molecule has 0 rings (SSSR count). The smallest absolute Gasteiger partial charge is 0.346 e. The first-order chi connectivity index (χ1) is 4.48. The third-order valence-corrected chi connectivity index (χ3v) is 1.06. The van der Waals surface area contributed by atoms with Crippen molar-refractivity contribution < 1.29 is 25.9 Å². The molecule has 0 saturated carbocycles. The molecule has 0 N–H and O–H groups in total. The average Bonchev–Trinajstić information content (AvgIpc) is 1.89. The summed E-state index contributed by atoms with van der Waals surface area (Å²) in [6.45, 7) is 14.2. The second-order valence-electron chi connectivity index (χ2n) is 2.92. The molecule has 0 unspecified atom stereocenters. The van der Waals surface area contributed by atoms with E-state index in [2.05, 4.69) is 13.8 Å². The molecule has 0 spiro atoms. The van der Waals surface area contributed by atoms with Crippen LogP contribution in [0.15, 0.2) is 0 Å².